The summed E-state index contributed by atoms with van der Waals surface area (Å²) in [5, 5.41) is 12.2. The number of furan rings is 1. The molecule has 116 valence electrons. The van der Waals surface area contributed by atoms with Crippen LogP contribution in [-0.2, 0) is 6.54 Å². The van der Waals surface area contributed by atoms with Crippen LogP contribution in [0.3, 0.4) is 0 Å². The largest absolute Gasteiger partial charge is 0.475 e. The monoisotopic (exact) mass is 307 g/mol. The smallest absolute Gasteiger partial charge is 0.371 e. The Balaban J connectivity index is 1.68. The summed E-state index contributed by atoms with van der Waals surface area (Å²) in [7, 11) is 0. The molecule has 3 rings (SSSR count). The molecule has 2 aromatic carbocycles. The number of nitrogens with one attached hydrogen (secondary N) is 1. The van der Waals surface area contributed by atoms with Crippen molar-refractivity contribution in [3.63, 3.8) is 0 Å². The fraction of sp³-hybridized carbons (Fsp3) is 0.105. The third-order valence-corrected chi connectivity index (χ3v) is 3.71. The number of hydrogen-bond acceptors (Lipinski definition) is 3. The lowest BCUT2D eigenvalue weighted by Crippen LogP contribution is -1.99. The lowest BCUT2D eigenvalue weighted by atomic mass is 10.1. The summed E-state index contributed by atoms with van der Waals surface area (Å²) in [6, 6.07) is 19.9. The van der Waals surface area contributed by atoms with Gasteiger partial charge in [-0.05, 0) is 36.2 Å². The minimum atomic E-state index is -1.05. The Morgan fingerprint density at radius 3 is 2.30 bits per heavy atom. The van der Waals surface area contributed by atoms with Crippen LogP contribution >= 0.6 is 0 Å². The van der Waals surface area contributed by atoms with E-state index >= 15 is 0 Å². The van der Waals surface area contributed by atoms with Gasteiger partial charge in [0.25, 0.3) is 0 Å². The van der Waals surface area contributed by atoms with E-state index in [-0.39, 0.29) is 5.76 Å². The van der Waals surface area contributed by atoms with Crippen molar-refractivity contribution >= 4 is 11.7 Å². The van der Waals surface area contributed by atoms with Crippen LogP contribution in [0.15, 0.2) is 65.1 Å². The first-order valence-electron chi connectivity index (χ1n) is 7.35. The molecule has 0 spiro atoms. The van der Waals surface area contributed by atoms with Gasteiger partial charge in [-0.3, -0.25) is 0 Å². The Labute approximate surface area is 134 Å². The molecule has 1 heterocycles. The van der Waals surface area contributed by atoms with Crippen LogP contribution in [0.1, 0.15) is 21.9 Å². The zero-order valence-corrected chi connectivity index (χ0v) is 12.7. The van der Waals surface area contributed by atoms with Crippen LogP contribution in [0, 0.1) is 6.92 Å². The number of aryl methyl sites for hydroxylation is 1. The second-order valence-electron chi connectivity index (χ2n) is 5.29. The van der Waals surface area contributed by atoms with Gasteiger partial charge >= 0.3 is 5.97 Å². The molecular formula is C19H17NO3. The number of carboxylic acid groups (broad SMARTS) is 1. The number of carboxylic acids is 1. The van der Waals surface area contributed by atoms with Crippen molar-refractivity contribution in [1.82, 2.24) is 0 Å². The number of anilines is 1. The lowest BCUT2D eigenvalue weighted by molar-refractivity contribution is 0.0661. The fourth-order valence-corrected chi connectivity index (χ4v) is 2.41. The first kappa shape index (κ1) is 14.9. The fourth-order valence-electron chi connectivity index (χ4n) is 2.41. The standard InChI is InChI=1S/C19H17NO3/c1-13-16(11-18(23-13)19(21)22)12-20-17-9-7-15(8-10-17)14-5-3-2-4-6-14/h2-11,20H,12H2,1H3,(H,21,22). The van der Waals surface area contributed by atoms with E-state index < -0.39 is 5.97 Å². The summed E-state index contributed by atoms with van der Waals surface area (Å²) in [5.74, 6) is -0.457. The maximum absolute atomic E-state index is 10.9. The molecule has 0 atom stereocenters. The van der Waals surface area contributed by atoms with Crippen molar-refractivity contribution in [2.24, 2.45) is 0 Å². The van der Waals surface area contributed by atoms with Crippen LogP contribution in [0.5, 0.6) is 0 Å². The number of carbonyl (C=O) groups is 1. The van der Waals surface area contributed by atoms with Crippen molar-refractivity contribution in [3.8, 4) is 11.1 Å². The molecule has 0 unspecified atom stereocenters. The number of benzene rings is 2. The minimum Gasteiger partial charge on any atom is -0.475 e. The van der Waals surface area contributed by atoms with E-state index in [1.165, 1.54) is 5.56 Å². The molecular weight excluding hydrogens is 290 g/mol. The number of aromatic carboxylic acids is 1. The molecule has 0 aliphatic carbocycles. The molecule has 3 aromatic rings. The average molecular weight is 307 g/mol. The van der Waals surface area contributed by atoms with Gasteiger partial charge in [0.15, 0.2) is 0 Å². The number of rotatable bonds is 5. The summed E-state index contributed by atoms with van der Waals surface area (Å²) in [6.45, 7) is 2.29. The minimum absolute atomic E-state index is 0.0290. The van der Waals surface area contributed by atoms with Gasteiger partial charge in [-0.2, -0.15) is 0 Å². The van der Waals surface area contributed by atoms with Gasteiger partial charge in [0.05, 0.1) is 0 Å². The summed E-state index contributed by atoms with van der Waals surface area (Å²) in [6.07, 6.45) is 0. The Morgan fingerprint density at radius 1 is 1.04 bits per heavy atom. The molecule has 4 heteroatoms. The van der Waals surface area contributed by atoms with Crippen molar-refractivity contribution in [3.05, 3.63) is 77.7 Å². The summed E-state index contributed by atoms with van der Waals surface area (Å²) >= 11 is 0. The average Bonchev–Trinajstić information content (AvgIpc) is 2.96. The zero-order chi connectivity index (χ0) is 16.2. The highest BCUT2D eigenvalue weighted by molar-refractivity contribution is 5.84. The summed E-state index contributed by atoms with van der Waals surface area (Å²) < 4.78 is 5.20. The summed E-state index contributed by atoms with van der Waals surface area (Å²) in [5.41, 5.74) is 4.15. The molecule has 4 nitrogen and oxygen atoms in total. The Bertz CT molecular complexity index is 804. The lowest BCUT2D eigenvalue weighted by Gasteiger charge is -2.07. The second kappa shape index (κ2) is 6.40. The van der Waals surface area contributed by atoms with Gasteiger partial charge in [0, 0.05) is 17.8 Å². The van der Waals surface area contributed by atoms with Gasteiger partial charge in [-0.1, -0.05) is 42.5 Å². The van der Waals surface area contributed by atoms with E-state index in [1.54, 1.807) is 13.0 Å². The molecule has 0 aliphatic rings. The normalized spacial score (nSPS) is 10.5. The third-order valence-electron chi connectivity index (χ3n) is 3.71. The van der Waals surface area contributed by atoms with Crippen LogP contribution < -0.4 is 5.32 Å². The molecule has 0 aliphatic heterocycles. The molecule has 2 N–H and O–H groups in total. The van der Waals surface area contributed by atoms with Crippen molar-refractivity contribution < 1.29 is 14.3 Å². The van der Waals surface area contributed by atoms with Crippen LogP contribution in [0.2, 0.25) is 0 Å². The number of hydrogen-bond donors (Lipinski definition) is 2. The highest BCUT2D eigenvalue weighted by atomic mass is 16.4. The Morgan fingerprint density at radius 2 is 1.70 bits per heavy atom. The van der Waals surface area contributed by atoms with E-state index in [9.17, 15) is 4.79 Å². The third kappa shape index (κ3) is 3.43. The SMILES string of the molecule is Cc1oc(C(=O)O)cc1CNc1ccc(-c2ccccc2)cc1. The van der Waals surface area contributed by atoms with Crippen molar-refractivity contribution in [2.75, 3.05) is 5.32 Å². The Hall–Kier alpha value is -3.01. The van der Waals surface area contributed by atoms with Crippen LogP contribution in [-0.4, -0.2) is 11.1 Å². The van der Waals surface area contributed by atoms with E-state index in [4.69, 9.17) is 9.52 Å². The van der Waals surface area contributed by atoms with Gasteiger partial charge in [0.1, 0.15) is 5.76 Å². The zero-order valence-electron chi connectivity index (χ0n) is 12.7. The first-order chi connectivity index (χ1) is 11.1. The van der Waals surface area contributed by atoms with Crippen molar-refractivity contribution in [2.45, 2.75) is 13.5 Å². The predicted molar refractivity (Wildman–Crippen MR) is 89.6 cm³/mol. The van der Waals surface area contributed by atoms with Gasteiger partial charge < -0.3 is 14.8 Å². The van der Waals surface area contributed by atoms with E-state index in [0.29, 0.717) is 12.3 Å². The van der Waals surface area contributed by atoms with Crippen molar-refractivity contribution in [1.29, 1.82) is 0 Å². The van der Waals surface area contributed by atoms with Gasteiger partial charge in [0.2, 0.25) is 5.76 Å². The predicted octanol–water partition coefficient (Wildman–Crippen LogP) is 4.57. The molecule has 0 fully saturated rings. The van der Waals surface area contributed by atoms with Crippen LogP contribution in [0.4, 0.5) is 5.69 Å². The molecule has 0 saturated heterocycles. The van der Waals surface area contributed by atoms with E-state index in [1.807, 2.05) is 30.3 Å². The molecule has 0 radical (unpaired) electrons. The first-order valence-corrected chi connectivity index (χ1v) is 7.35. The van der Waals surface area contributed by atoms with Gasteiger partial charge in [-0.15, -0.1) is 0 Å². The van der Waals surface area contributed by atoms with Crippen LogP contribution in [0.25, 0.3) is 11.1 Å². The van der Waals surface area contributed by atoms with E-state index in [2.05, 4.69) is 29.6 Å². The molecule has 0 saturated carbocycles. The van der Waals surface area contributed by atoms with E-state index in [0.717, 1.165) is 16.8 Å². The van der Waals surface area contributed by atoms with Gasteiger partial charge in [-0.25, -0.2) is 4.79 Å². The maximum atomic E-state index is 10.9. The molecule has 1 aromatic heterocycles. The second-order valence-corrected chi connectivity index (χ2v) is 5.29. The highest BCUT2D eigenvalue weighted by Gasteiger charge is 2.12. The molecule has 0 amide bonds. The quantitative estimate of drug-likeness (QED) is 0.725. The summed E-state index contributed by atoms with van der Waals surface area (Å²) in [4.78, 5) is 10.9. The highest BCUT2D eigenvalue weighted by Crippen LogP contribution is 2.22. The Kier molecular flexibility index (Phi) is 4.15. The maximum Gasteiger partial charge on any atom is 0.371 e. The topological polar surface area (TPSA) is 62.5 Å². The molecule has 23 heavy (non-hydrogen) atoms. The molecule has 0 bridgehead atoms.